The Balaban J connectivity index is 2.16. The minimum atomic E-state index is -0.984. The molecule has 116 valence electrons. The van der Waals surface area contributed by atoms with Gasteiger partial charge in [0.1, 0.15) is 18.3 Å². The lowest BCUT2D eigenvalue weighted by Crippen LogP contribution is -2.22. The van der Waals surface area contributed by atoms with Crippen LogP contribution in [0.3, 0.4) is 0 Å². The molecule has 1 atom stereocenters. The summed E-state index contributed by atoms with van der Waals surface area (Å²) < 4.78 is 1.55. The van der Waals surface area contributed by atoms with Gasteiger partial charge in [-0.05, 0) is 18.1 Å². The second-order valence-electron chi connectivity index (χ2n) is 4.83. The van der Waals surface area contributed by atoms with Gasteiger partial charge in [0.15, 0.2) is 0 Å². The minimum Gasteiger partial charge on any atom is -0.481 e. The largest absolute Gasteiger partial charge is 0.481 e. The van der Waals surface area contributed by atoms with Crippen molar-refractivity contribution in [1.29, 1.82) is 0 Å². The van der Waals surface area contributed by atoms with Crippen LogP contribution in [0.15, 0.2) is 30.9 Å². The highest BCUT2D eigenvalue weighted by Crippen LogP contribution is 2.20. The fourth-order valence-electron chi connectivity index (χ4n) is 2.00. The number of anilines is 1. The topological polar surface area (TPSA) is 123 Å². The zero-order valence-corrected chi connectivity index (χ0v) is 12.1. The molecule has 1 amide bonds. The highest BCUT2D eigenvalue weighted by molar-refractivity contribution is 5.76. The third-order valence-corrected chi connectivity index (χ3v) is 3.20. The van der Waals surface area contributed by atoms with Gasteiger partial charge in [-0.1, -0.05) is 6.07 Å². The zero-order valence-electron chi connectivity index (χ0n) is 12.1. The van der Waals surface area contributed by atoms with E-state index in [4.69, 9.17) is 5.73 Å². The van der Waals surface area contributed by atoms with Crippen molar-refractivity contribution in [2.24, 2.45) is 0 Å². The quantitative estimate of drug-likeness (QED) is 0.691. The third-order valence-electron chi connectivity index (χ3n) is 3.20. The van der Waals surface area contributed by atoms with Gasteiger partial charge in [0.25, 0.3) is 0 Å². The highest BCUT2D eigenvalue weighted by Gasteiger charge is 2.23. The molecule has 0 saturated heterocycles. The van der Waals surface area contributed by atoms with E-state index in [0.29, 0.717) is 11.5 Å². The summed E-state index contributed by atoms with van der Waals surface area (Å²) in [7, 11) is 1.54. The number of nitrogen functional groups attached to an aromatic ring is 1. The van der Waals surface area contributed by atoms with E-state index in [-0.39, 0.29) is 18.9 Å². The second kappa shape index (κ2) is 6.70. The number of pyridine rings is 1. The number of aliphatic carboxylic acids is 1. The Hall–Kier alpha value is -2.90. The highest BCUT2D eigenvalue weighted by atomic mass is 16.4. The van der Waals surface area contributed by atoms with Gasteiger partial charge in [-0.3, -0.25) is 9.59 Å². The molecule has 2 heterocycles. The Morgan fingerprint density at radius 1 is 1.41 bits per heavy atom. The van der Waals surface area contributed by atoms with E-state index in [1.54, 1.807) is 29.1 Å². The molecular formula is C14H17N5O3. The number of rotatable bonds is 6. The number of aromatic nitrogens is 3. The molecule has 8 nitrogen and oxygen atoms in total. The van der Waals surface area contributed by atoms with Crippen molar-refractivity contribution in [2.45, 2.75) is 18.9 Å². The summed E-state index contributed by atoms with van der Waals surface area (Å²) in [5.41, 5.74) is 6.66. The van der Waals surface area contributed by atoms with Crippen molar-refractivity contribution >= 4 is 17.7 Å². The SMILES string of the molecule is CNC(=O)Cn1cnc(C(Cc2ccc(N)nc2)C(=O)O)c1. The number of carbonyl (C=O) groups excluding carboxylic acids is 1. The van der Waals surface area contributed by atoms with Crippen LogP contribution in [-0.2, 0) is 22.6 Å². The van der Waals surface area contributed by atoms with Crippen LogP contribution in [-0.4, -0.2) is 38.6 Å². The maximum Gasteiger partial charge on any atom is 0.312 e. The molecular weight excluding hydrogens is 286 g/mol. The lowest BCUT2D eigenvalue weighted by Gasteiger charge is -2.09. The molecule has 0 aliphatic rings. The van der Waals surface area contributed by atoms with Gasteiger partial charge in [-0.15, -0.1) is 0 Å². The average Bonchev–Trinajstić information content (AvgIpc) is 2.94. The van der Waals surface area contributed by atoms with Crippen molar-refractivity contribution in [3.63, 3.8) is 0 Å². The first-order valence-corrected chi connectivity index (χ1v) is 6.65. The van der Waals surface area contributed by atoms with Crippen LogP contribution in [0.2, 0.25) is 0 Å². The molecule has 1 unspecified atom stereocenters. The van der Waals surface area contributed by atoms with Gasteiger partial charge in [-0.2, -0.15) is 0 Å². The number of amides is 1. The van der Waals surface area contributed by atoms with E-state index in [1.165, 1.54) is 13.4 Å². The summed E-state index contributed by atoms with van der Waals surface area (Å²) in [5.74, 6) is -1.59. The van der Waals surface area contributed by atoms with Gasteiger partial charge in [-0.25, -0.2) is 9.97 Å². The van der Waals surface area contributed by atoms with Crippen molar-refractivity contribution in [2.75, 3.05) is 12.8 Å². The Labute approximate surface area is 127 Å². The van der Waals surface area contributed by atoms with E-state index < -0.39 is 11.9 Å². The second-order valence-corrected chi connectivity index (χ2v) is 4.83. The summed E-state index contributed by atoms with van der Waals surface area (Å²) in [6.07, 6.45) is 4.81. The van der Waals surface area contributed by atoms with Crippen molar-refractivity contribution < 1.29 is 14.7 Å². The van der Waals surface area contributed by atoms with Gasteiger partial charge in [0, 0.05) is 19.4 Å². The monoisotopic (exact) mass is 303 g/mol. The number of likely N-dealkylation sites (N-methyl/N-ethyl adjacent to an activating group) is 1. The fourth-order valence-corrected chi connectivity index (χ4v) is 2.00. The van der Waals surface area contributed by atoms with Gasteiger partial charge in [0.2, 0.25) is 5.91 Å². The molecule has 0 bridgehead atoms. The predicted molar refractivity (Wildman–Crippen MR) is 79.0 cm³/mol. The Bertz CT molecular complexity index is 665. The Morgan fingerprint density at radius 2 is 2.18 bits per heavy atom. The van der Waals surface area contributed by atoms with Crippen molar-refractivity contribution in [3.05, 3.63) is 42.1 Å². The molecule has 2 aromatic rings. The molecule has 2 aromatic heterocycles. The molecule has 0 radical (unpaired) electrons. The van der Waals surface area contributed by atoms with Crippen molar-refractivity contribution in [1.82, 2.24) is 19.9 Å². The first kappa shape index (κ1) is 15.5. The molecule has 2 rings (SSSR count). The molecule has 8 heteroatoms. The molecule has 4 N–H and O–H groups in total. The van der Waals surface area contributed by atoms with Crippen LogP contribution in [0.5, 0.6) is 0 Å². The lowest BCUT2D eigenvalue weighted by molar-refractivity contribution is -0.138. The molecule has 0 saturated carbocycles. The number of hydrogen-bond donors (Lipinski definition) is 3. The lowest BCUT2D eigenvalue weighted by atomic mass is 9.98. The molecule has 0 aromatic carbocycles. The average molecular weight is 303 g/mol. The van der Waals surface area contributed by atoms with Crippen LogP contribution < -0.4 is 11.1 Å². The van der Waals surface area contributed by atoms with E-state index in [2.05, 4.69) is 15.3 Å². The molecule has 0 spiro atoms. The maximum atomic E-state index is 11.5. The number of carboxylic acid groups (broad SMARTS) is 1. The van der Waals surface area contributed by atoms with Crippen LogP contribution in [0.25, 0.3) is 0 Å². The number of carboxylic acids is 1. The minimum absolute atomic E-state index is 0.0965. The number of nitrogens with two attached hydrogens (primary N) is 1. The maximum absolute atomic E-state index is 11.5. The summed E-state index contributed by atoms with van der Waals surface area (Å²) in [5, 5.41) is 11.9. The standard InChI is InChI=1S/C14H17N5O3/c1-16-13(20)7-19-6-11(18-8-19)10(14(21)22)4-9-2-3-12(15)17-5-9/h2-3,5-6,8,10H,4,7H2,1H3,(H2,15,17)(H,16,20)(H,21,22). The number of imidazole rings is 1. The van der Waals surface area contributed by atoms with E-state index in [0.717, 1.165) is 5.56 Å². The predicted octanol–water partition coefficient (Wildman–Crippen LogP) is 0.0172. The summed E-state index contributed by atoms with van der Waals surface area (Å²) in [4.78, 5) is 30.8. The van der Waals surface area contributed by atoms with E-state index >= 15 is 0 Å². The number of nitrogens with one attached hydrogen (secondary N) is 1. The number of carbonyl (C=O) groups is 2. The zero-order chi connectivity index (χ0) is 16.1. The summed E-state index contributed by atoms with van der Waals surface area (Å²) >= 11 is 0. The molecule has 22 heavy (non-hydrogen) atoms. The van der Waals surface area contributed by atoms with Crippen molar-refractivity contribution in [3.8, 4) is 0 Å². The van der Waals surface area contributed by atoms with Gasteiger partial charge >= 0.3 is 5.97 Å². The van der Waals surface area contributed by atoms with E-state index in [1.807, 2.05) is 0 Å². The fraction of sp³-hybridized carbons (Fsp3) is 0.286. The third kappa shape index (κ3) is 3.81. The Kier molecular flexibility index (Phi) is 4.72. The molecule has 0 aliphatic heterocycles. The first-order chi connectivity index (χ1) is 10.5. The van der Waals surface area contributed by atoms with Crippen LogP contribution in [0, 0.1) is 0 Å². The number of nitrogens with zero attached hydrogens (tertiary/aromatic N) is 3. The van der Waals surface area contributed by atoms with Gasteiger partial charge < -0.3 is 20.7 Å². The van der Waals surface area contributed by atoms with Crippen LogP contribution in [0.4, 0.5) is 5.82 Å². The van der Waals surface area contributed by atoms with Crippen LogP contribution in [0.1, 0.15) is 17.2 Å². The Morgan fingerprint density at radius 3 is 2.77 bits per heavy atom. The summed E-state index contributed by atoms with van der Waals surface area (Å²) in [6.45, 7) is 0.0965. The first-order valence-electron chi connectivity index (χ1n) is 6.65. The van der Waals surface area contributed by atoms with Gasteiger partial charge in [0.05, 0.1) is 12.0 Å². The molecule has 0 aliphatic carbocycles. The normalized spacial score (nSPS) is 11.9. The molecule has 0 fully saturated rings. The number of hydrogen-bond acceptors (Lipinski definition) is 5. The van der Waals surface area contributed by atoms with E-state index in [9.17, 15) is 14.7 Å². The van der Waals surface area contributed by atoms with Crippen LogP contribution >= 0.6 is 0 Å². The smallest absolute Gasteiger partial charge is 0.312 e. The summed E-state index contributed by atoms with van der Waals surface area (Å²) in [6, 6.07) is 3.36.